The van der Waals surface area contributed by atoms with Crippen LogP contribution in [0.4, 0.5) is 16.2 Å². The lowest BCUT2D eigenvalue weighted by molar-refractivity contribution is 0.208. The van der Waals surface area contributed by atoms with Gasteiger partial charge < -0.3 is 15.1 Å². The first-order valence-corrected chi connectivity index (χ1v) is 8.77. The molecule has 138 valence electrons. The number of piperazine rings is 1. The van der Waals surface area contributed by atoms with E-state index in [4.69, 9.17) is 0 Å². The number of nitrogens with one attached hydrogen (secondary N) is 1. The number of anilines is 2. The van der Waals surface area contributed by atoms with E-state index in [9.17, 15) is 4.79 Å². The van der Waals surface area contributed by atoms with Crippen molar-refractivity contribution in [2.45, 2.75) is 6.92 Å². The Kier molecular flexibility index (Phi) is 4.65. The molecular weight excluding hydrogens is 344 g/mol. The fourth-order valence-electron chi connectivity index (χ4n) is 3.11. The third kappa shape index (κ3) is 3.71. The Morgan fingerprint density at radius 1 is 1.04 bits per heavy atom. The van der Waals surface area contributed by atoms with E-state index in [1.807, 2.05) is 48.2 Å². The van der Waals surface area contributed by atoms with Crippen LogP contribution in [0.15, 0.2) is 48.8 Å². The third-order valence-electron chi connectivity index (χ3n) is 4.56. The van der Waals surface area contributed by atoms with Crippen LogP contribution in [-0.2, 0) is 0 Å². The van der Waals surface area contributed by atoms with Crippen LogP contribution in [0.2, 0.25) is 0 Å². The van der Waals surface area contributed by atoms with Crippen molar-refractivity contribution in [1.29, 1.82) is 0 Å². The number of hydrogen-bond acceptors (Lipinski definition) is 6. The standard InChI is InChI=1S/C18H20N8O/c1-14-21-22-23-26(14)17-4-2-3-15(13-17)20-18(27)25-11-9-24(10-12-25)16-5-7-19-8-6-16/h2-8,13H,9-12H2,1H3,(H,20,27). The van der Waals surface area contributed by atoms with E-state index in [1.165, 1.54) is 0 Å². The van der Waals surface area contributed by atoms with Crippen LogP contribution < -0.4 is 10.2 Å². The van der Waals surface area contributed by atoms with Crippen LogP contribution >= 0.6 is 0 Å². The molecule has 2 amide bonds. The van der Waals surface area contributed by atoms with Crippen LogP contribution in [0.3, 0.4) is 0 Å². The zero-order valence-corrected chi connectivity index (χ0v) is 15.0. The van der Waals surface area contributed by atoms with Crippen LogP contribution in [0.1, 0.15) is 5.82 Å². The maximum Gasteiger partial charge on any atom is 0.321 e. The number of carbonyl (C=O) groups is 1. The van der Waals surface area contributed by atoms with Gasteiger partial charge >= 0.3 is 6.03 Å². The van der Waals surface area contributed by atoms with Crippen molar-refractivity contribution in [3.8, 4) is 5.69 Å². The van der Waals surface area contributed by atoms with Gasteiger partial charge in [0.15, 0.2) is 5.82 Å². The summed E-state index contributed by atoms with van der Waals surface area (Å²) in [5.41, 5.74) is 2.65. The van der Waals surface area contributed by atoms with Crippen molar-refractivity contribution in [2.24, 2.45) is 0 Å². The second-order valence-corrected chi connectivity index (χ2v) is 6.30. The summed E-state index contributed by atoms with van der Waals surface area (Å²) in [6.07, 6.45) is 3.57. The number of carbonyl (C=O) groups excluding carboxylic acids is 1. The molecule has 1 saturated heterocycles. The summed E-state index contributed by atoms with van der Waals surface area (Å²) in [6, 6.07) is 11.3. The summed E-state index contributed by atoms with van der Waals surface area (Å²) in [7, 11) is 0. The first-order chi connectivity index (χ1) is 13.2. The van der Waals surface area contributed by atoms with Crippen molar-refractivity contribution in [2.75, 3.05) is 36.4 Å². The Morgan fingerprint density at radius 2 is 1.81 bits per heavy atom. The highest BCUT2D eigenvalue weighted by Crippen LogP contribution is 2.17. The van der Waals surface area contributed by atoms with Gasteiger partial charge in [-0.3, -0.25) is 4.98 Å². The molecule has 0 spiro atoms. The predicted octanol–water partition coefficient (Wildman–Crippen LogP) is 1.72. The van der Waals surface area contributed by atoms with E-state index in [1.54, 1.807) is 17.1 Å². The Balaban J connectivity index is 1.38. The number of aryl methyl sites for hydroxylation is 1. The van der Waals surface area contributed by atoms with Gasteiger partial charge in [0.1, 0.15) is 0 Å². The second kappa shape index (κ2) is 7.40. The van der Waals surface area contributed by atoms with Gasteiger partial charge in [-0.05, 0) is 47.7 Å². The molecule has 3 aromatic rings. The van der Waals surface area contributed by atoms with E-state index in [-0.39, 0.29) is 6.03 Å². The van der Waals surface area contributed by atoms with Crippen LogP contribution in [0.25, 0.3) is 5.69 Å². The predicted molar refractivity (Wildman–Crippen MR) is 101 cm³/mol. The molecule has 1 aromatic carbocycles. The Labute approximate surface area is 156 Å². The summed E-state index contributed by atoms with van der Waals surface area (Å²) >= 11 is 0. The summed E-state index contributed by atoms with van der Waals surface area (Å²) in [4.78, 5) is 20.7. The lowest BCUT2D eigenvalue weighted by Gasteiger charge is -2.36. The lowest BCUT2D eigenvalue weighted by atomic mass is 10.2. The first-order valence-electron chi connectivity index (χ1n) is 8.77. The Bertz CT molecular complexity index is 918. The molecule has 1 aliphatic rings. The number of hydrogen-bond donors (Lipinski definition) is 1. The summed E-state index contributed by atoms with van der Waals surface area (Å²) < 4.78 is 1.63. The Hall–Kier alpha value is -3.49. The second-order valence-electron chi connectivity index (χ2n) is 6.30. The number of tetrazole rings is 1. The normalized spacial score (nSPS) is 14.3. The number of rotatable bonds is 3. The minimum atomic E-state index is -0.102. The zero-order chi connectivity index (χ0) is 18.6. The maximum absolute atomic E-state index is 12.6. The largest absolute Gasteiger partial charge is 0.368 e. The van der Waals surface area contributed by atoms with Crippen molar-refractivity contribution in [3.63, 3.8) is 0 Å². The van der Waals surface area contributed by atoms with Crippen LogP contribution in [-0.4, -0.2) is 62.3 Å². The molecule has 9 heteroatoms. The number of nitrogens with zero attached hydrogens (tertiary/aromatic N) is 7. The van der Waals surface area contributed by atoms with E-state index < -0.39 is 0 Å². The molecule has 9 nitrogen and oxygen atoms in total. The summed E-state index contributed by atoms with van der Waals surface area (Å²) in [5.74, 6) is 0.686. The quantitative estimate of drug-likeness (QED) is 0.761. The lowest BCUT2D eigenvalue weighted by Crippen LogP contribution is -2.50. The van der Waals surface area contributed by atoms with Gasteiger partial charge in [0.05, 0.1) is 5.69 Å². The molecule has 0 atom stereocenters. The van der Waals surface area contributed by atoms with Crippen molar-refractivity contribution in [1.82, 2.24) is 30.1 Å². The fourth-order valence-corrected chi connectivity index (χ4v) is 3.11. The summed E-state index contributed by atoms with van der Waals surface area (Å²) in [5, 5.41) is 14.5. The highest BCUT2D eigenvalue weighted by atomic mass is 16.2. The minimum Gasteiger partial charge on any atom is -0.368 e. The van der Waals surface area contributed by atoms with E-state index in [0.29, 0.717) is 24.6 Å². The number of amides is 2. The maximum atomic E-state index is 12.6. The molecule has 27 heavy (non-hydrogen) atoms. The van der Waals surface area contributed by atoms with Gasteiger partial charge in [0, 0.05) is 49.9 Å². The molecule has 1 aliphatic heterocycles. The Morgan fingerprint density at radius 3 is 2.52 bits per heavy atom. The molecule has 2 aromatic heterocycles. The van der Waals surface area contributed by atoms with Crippen molar-refractivity contribution in [3.05, 3.63) is 54.6 Å². The zero-order valence-electron chi connectivity index (χ0n) is 15.0. The van der Waals surface area contributed by atoms with Gasteiger partial charge in [-0.2, -0.15) is 4.68 Å². The molecule has 4 rings (SSSR count). The highest BCUT2D eigenvalue weighted by molar-refractivity contribution is 5.89. The van der Waals surface area contributed by atoms with Gasteiger partial charge in [0.2, 0.25) is 0 Å². The molecule has 1 N–H and O–H groups in total. The topological polar surface area (TPSA) is 92.1 Å². The molecule has 0 aliphatic carbocycles. The molecule has 3 heterocycles. The van der Waals surface area contributed by atoms with Crippen molar-refractivity contribution < 1.29 is 4.79 Å². The molecule has 1 fully saturated rings. The number of urea groups is 1. The van der Waals surface area contributed by atoms with Crippen molar-refractivity contribution >= 4 is 17.4 Å². The molecule has 0 unspecified atom stereocenters. The number of aromatic nitrogens is 5. The smallest absolute Gasteiger partial charge is 0.321 e. The van der Waals surface area contributed by atoms with Gasteiger partial charge in [-0.1, -0.05) is 6.07 Å². The monoisotopic (exact) mass is 364 g/mol. The molecular formula is C18H20N8O. The SMILES string of the molecule is Cc1nnnn1-c1cccc(NC(=O)N2CCN(c3ccncc3)CC2)c1. The third-order valence-corrected chi connectivity index (χ3v) is 4.56. The minimum absolute atomic E-state index is 0.102. The fraction of sp³-hybridized carbons (Fsp3) is 0.278. The average Bonchev–Trinajstić information content (AvgIpc) is 3.15. The van der Waals surface area contributed by atoms with E-state index in [2.05, 4.69) is 30.7 Å². The van der Waals surface area contributed by atoms with E-state index >= 15 is 0 Å². The molecule has 0 bridgehead atoms. The van der Waals surface area contributed by atoms with Gasteiger partial charge in [0.25, 0.3) is 0 Å². The molecule has 0 radical (unpaired) electrons. The van der Waals surface area contributed by atoms with E-state index in [0.717, 1.165) is 24.5 Å². The average molecular weight is 364 g/mol. The van der Waals surface area contributed by atoms with Gasteiger partial charge in [-0.15, -0.1) is 5.10 Å². The first kappa shape index (κ1) is 17.0. The summed E-state index contributed by atoms with van der Waals surface area (Å²) in [6.45, 7) is 4.75. The molecule has 0 saturated carbocycles. The number of pyridine rings is 1. The highest BCUT2D eigenvalue weighted by Gasteiger charge is 2.21. The number of benzene rings is 1. The van der Waals surface area contributed by atoms with Gasteiger partial charge in [-0.25, -0.2) is 4.79 Å². The van der Waals surface area contributed by atoms with Crippen LogP contribution in [0.5, 0.6) is 0 Å². The van der Waals surface area contributed by atoms with Crippen LogP contribution in [0, 0.1) is 6.92 Å².